The predicted octanol–water partition coefficient (Wildman–Crippen LogP) is 5.24. The second-order valence-electron chi connectivity index (χ2n) is 11.4. The molecule has 0 aliphatic carbocycles. The fraction of sp³-hybridized carbons (Fsp3) is 0.394. The molecule has 2 amide bonds. The van der Waals surface area contributed by atoms with E-state index in [0.717, 1.165) is 38.0 Å². The summed E-state index contributed by atoms with van der Waals surface area (Å²) in [6.07, 6.45) is 2.29. The Kier molecular flexibility index (Phi) is 9.66. The van der Waals surface area contributed by atoms with E-state index in [1.54, 1.807) is 19.1 Å². The highest BCUT2D eigenvalue weighted by atomic mass is 35.5. The highest BCUT2D eigenvalue weighted by molar-refractivity contribution is 6.42. The van der Waals surface area contributed by atoms with Crippen molar-refractivity contribution in [1.29, 1.82) is 0 Å². The third-order valence-corrected chi connectivity index (χ3v) is 9.17. The highest BCUT2D eigenvalue weighted by Gasteiger charge is 2.40. The second kappa shape index (κ2) is 13.4. The van der Waals surface area contributed by atoms with E-state index in [0.29, 0.717) is 28.9 Å². The summed E-state index contributed by atoms with van der Waals surface area (Å²) in [5.74, 6) is 0.281. The van der Waals surface area contributed by atoms with Crippen molar-refractivity contribution in [3.8, 4) is 0 Å². The molecule has 3 aromatic carbocycles. The molecule has 6 nitrogen and oxygen atoms in total. The van der Waals surface area contributed by atoms with Gasteiger partial charge in [0.05, 0.1) is 16.1 Å². The van der Waals surface area contributed by atoms with Crippen LogP contribution in [0.4, 0.5) is 0 Å². The average molecular weight is 594 g/mol. The fourth-order valence-corrected chi connectivity index (χ4v) is 6.55. The van der Waals surface area contributed by atoms with E-state index in [2.05, 4.69) is 64.8 Å². The van der Waals surface area contributed by atoms with Crippen molar-refractivity contribution in [3.05, 3.63) is 106 Å². The molecule has 2 saturated heterocycles. The summed E-state index contributed by atoms with van der Waals surface area (Å²) in [5.41, 5.74) is 9.32. The second-order valence-corrected chi connectivity index (χ2v) is 12.3. The summed E-state index contributed by atoms with van der Waals surface area (Å²) < 4.78 is 0. The molecule has 0 saturated carbocycles. The lowest BCUT2D eigenvalue weighted by Gasteiger charge is -2.32. The van der Waals surface area contributed by atoms with Gasteiger partial charge < -0.3 is 20.9 Å². The zero-order valence-electron chi connectivity index (χ0n) is 23.4. The van der Waals surface area contributed by atoms with Gasteiger partial charge in [-0.1, -0.05) is 89.9 Å². The number of rotatable bonds is 9. The topological polar surface area (TPSA) is 78.7 Å². The Balaban J connectivity index is 1.37. The van der Waals surface area contributed by atoms with Crippen LogP contribution in [-0.4, -0.2) is 65.9 Å². The molecule has 2 fully saturated rings. The van der Waals surface area contributed by atoms with E-state index < -0.39 is 12.1 Å². The molecule has 2 aliphatic heterocycles. The normalized spacial score (nSPS) is 22.4. The number of hydrogen-bond acceptors (Lipinski definition) is 4. The lowest BCUT2D eigenvalue weighted by atomic mass is 9.96. The molecule has 216 valence electrons. The monoisotopic (exact) mass is 592 g/mol. The first kappa shape index (κ1) is 29.6. The van der Waals surface area contributed by atoms with Crippen molar-refractivity contribution in [1.82, 2.24) is 15.1 Å². The molecular weight excluding hydrogens is 555 g/mol. The minimum atomic E-state index is -0.765. The summed E-state index contributed by atoms with van der Waals surface area (Å²) in [5, 5.41) is 3.79. The van der Waals surface area contributed by atoms with Gasteiger partial charge in [0.25, 0.3) is 0 Å². The van der Waals surface area contributed by atoms with Crippen molar-refractivity contribution < 1.29 is 9.59 Å². The summed E-state index contributed by atoms with van der Waals surface area (Å²) in [7, 11) is 0. The quantitative estimate of drug-likeness (QED) is 0.356. The Hall–Kier alpha value is -2.90. The van der Waals surface area contributed by atoms with Gasteiger partial charge in [0.1, 0.15) is 6.04 Å². The van der Waals surface area contributed by atoms with E-state index in [1.165, 1.54) is 11.1 Å². The summed E-state index contributed by atoms with van der Waals surface area (Å²) >= 11 is 12.4. The Morgan fingerprint density at radius 3 is 2.22 bits per heavy atom. The summed E-state index contributed by atoms with van der Waals surface area (Å²) in [6, 6.07) is 24.9. The van der Waals surface area contributed by atoms with E-state index in [1.807, 2.05) is 17.0 Å². The van der Waals surface area contributed by atoms with Crippen LogP contribution in [-0.2, 0) is 16.0 Å². The summed E-state index contributed by atoms with van der Waals surface area (Å²) in [6.45, 7) is 5.01. The number of likely N-dealkylation sites (tertiary alicyclic amines) is 2. The first-order valence-electron chi connectivity index (χ1n) is 14.4. The molecule has 5 atom stereocenters. The number of carbonyl (C=O) groups excluding carboxylic acids is 2. The van der Waals surface area contributed by atoms with Crippen LogP contribution in [0.5, 0.6) is 0 Å². The number of carbonyl (C=O) groups is 2. The first-order chi connectivity index (χ1) is 19.8. The van der Waals surface area contributed by atoms with Gasteiger partial charge in [-0.3, -0.25) is 9.59 Å². The third kappa shape index (κ3) is 7.31. The van der Waals surface area contributed by atoms with Gasteiger partial charge in [0.15, 0.2) is 0 Å². The maximum Gasteiger partial charge on any atom is 0.245 e. The van der Waals surface area contributed by atoms with Crippen molar-refractivity contribution in [2.75, 3.05) is 26.2 Å². The van der Waals surface area contributed by atoms with Crippen molar-refractivity contribution in [2.24, 2.45) is 5.73 Å². The highest BCUT2D eigenvalue weighted by Crippen LogP contribution is 2.35. The smallest absolute Gasteiger partial charge is 0.245 e. The largest absolute Gasteiger partial charge is 0.343 e. The minimum absolute atomic E-state index is 0.0331. The molecule has 1 unspecified atom stereocenters. The molecule has 0 radical (unpaired) electrons. The molecule has 5 rings (SSSR count). The zero-order valence-corrected chi connectivity index (χ0v) is 24.9. The number of nitrogens with two attached hydrogens (primary N) is 1. The maximum atomic E-state index is 14.3. The predicted molar refractivity (Wildman–Crippen MR) is 165 cm³/mol. The molecule has 2 aliphatic rings. The number of nitrogens with one attached hydrogen (secondary N) is 1. The molecule has 0 aromatic heterocycles. The van der Waals surface area contributed by atoms with Gasteiger partial charge in [-0.2, -0.15) is 0 Å². The van der Waals surface area contributed by atoms with Crippen LogP contribution < -0.4 is 11.1 Å². The molecule has 8 heteroatoms. The van der Waals surface area contributed by atoms with Crippen LogP contribution in [0.15, 0.2) is 78.9 Å². The average Bonchev–Trinajstić information content (AvgIpc) is 3.63. The first-order valence-corrected chi connectivity index (χ1v) is 15.2. The van der Waals surface area contributed by atoms with Crippen molar-refractivity contribution in [2.45, 2.75) is 56.1 Å². The number of halogens is 2. The number of amides is 2. The van der Waals surface area contributed by atoms with Crippen LogP contribution in [0.25, 0.3) is 0 Å². The van der Waals surface area contributed by atoms with Gasteiger partial charge in [0.2, 0.25) is 11.8 Å². The SMILES string of the molecule is C[C@H](N)C(=O)N[C@@H](Cc1ccc(Cl)c(Cl)c1)C(=O)N1C[C@@H](c2ccccc2)C[C@H]1CN1CCC(c2ccccc2)C1. The molecule has 2 heterocycles. The third-order valence-electron chi connectivity index (χ3n) is 8.43. The van der Waals surface area contributed by atoms with Gasteiger partial charge >= 0.3 is 0 Å². The van der Waals surface area contributed by atoms with E-state index in [4.69, 9.17) is 28.9 Å². The van der Waals surface area contributed by atoms with E-state index in [9.17, 15) is 9.59 Å². The van der Waals surface area contributed by atoms with Crippen LogP contribution in [0.3, 0.4) is 0 Å². The van der Waals surface area contributed by atoms with Crippen molar-refractivity contribution in [3.63, 3.8) is 0 Å². The molecule has 0 bridgehead atoms. The molecular formula is C33H38Cl2N4O2. The minimum Gasteiger partial charge on any atom is -0.343 e. The molecule has 3 aromatic rings. The standard InChI is InChI=1S/C33H38Cl2N4O2/c1-22(36)32(40)37-31(17-23-12-13-29(34)30(35)16-23)33(41)39-20-27(25-10-6-3-7-11-25)18-28(39)21-38-15-14-26(19-38)24-8-4-2-5-9-24/h2-13,16,22,26-28,31H,14-15,17-21,36H2,1H3,(H,37,40)/t22-,26?,27-,28-,31-/m0/s1. The molecule has 41 heavy (non-hydrogen) atoms. The molecule has 0 spiro atoms. The Morgan fingerprint density at radius 1 is 0.927 bits per heavy atom. The van der Waals surface area contributed by atoms with Gasteiger partial charge in [-0.15, -0.1) is 0 Å². The van der Waals surface area contributed by atoms with E-state index in [-0.39, 0.29) is 23.8 Å². The Morgan fingerprint density at radius 2 is 1.59 bits per heavy atom. The van der Waals surface area contributed by atoms with Crippen LogP contribution in [0, 0.1) is 0 Å². The summed E-state index contributed by atoms with van der Waals surface area (Å²) in [4.78, 5) is 31.5. The lowest BCUT2D eigenvalue weighted by molar-refractivity contribution is -0.137. The number of nitrogens with zero attached hydrogens (tertiary/aromatic N) is 2. The number of hydrogen-bond donors (Lipinski definition) is 2. The lowest BCUT2D eigenvalue weighted by Crippen LogP contribution is -2.55. The van der Waals surface area contributed by atoms with E-state index >= 15 is 0 Å². The Labute approximate surface area is 252 Å². The van der Waals surface area contributed by atoms with Crippen LogP contribution in [0.2, 0.25) is 10.0 Å². The van der Waals surface area contributed by atoms with Crippen molar-refractivity contribution >= 4 is 35.0 Å². The van der Waals surface area contributed by atoms with Gasteiger partial charge in [-0.25, -0.2) is 0 Å². The maximum absolute atomic E-state index is 14.3. The molecule has 3 N–H and O–H groups in total. The fourth-order valence-electron chi connectivity index (χ4n) is 6.23. The Bertz CT molecular complexity index is 1340. The van der Waals surface area contributed by atoms with Crippen LogP contribution in [0.1, 0.15) is 48.3 Å². The van der Waals surface area contributed by atoms with Gasteiger partial charge in [0, 0.05) is 38.0 Å². The zero-order chi connectivity index (χ0) is 28.9. The van der Waals surface area contributed by atoms with Crippen LogP contribution >= 0.6 is 23.2 Å². The number of benzene rings is 3. The van der Waals surface area contributed by atoms with Gasteiger partial charge in [-0.05, 0) is 61.1 Å².